The van der Waals surface area contributed by atoms with E-state index in [-0.39, 0.29) is 6.10 Å². The van der Waals surface area contributed by atoms with Crippen molar-refractivity contribution >= 4 is 0 Å². The first-order valence-corrected chi connectivity index (χ1v) is 9.78. The molecule has 0 aromatic carbocycles. The molecule has 8 atom stereocenters. The summed E-state index contributed by atoms with van der Waals surface area (Å²) in [5, 5.41) is 10.1. The van der Waals surface area contributed by atoms with Gasteiger partial charge in [-0.25, -0.2) is 0 Å². The molecule has 0 bridgehead atoms. The lowest BCUT2D eigenvalue weighted by atomic mass is 9.51. The molecular weight excluding hydrogens is 272 g/mol. The van der Waals surface area contributed by atoms with Crippen LogP contribution in [0.3, 0.4) is 0 Å². The maximum atomic E-state index is 10.1. The Hall–Kier alpha value is -0.0800. The Morgan fingerprint density at radius 1 is 1.05 bits per heavy atom. The molecule has 2 heteroatoms. The summed E-state index contributed by atoms with van der Waals surface area (Å²) in [6.45, 7) is 8.36. The third-order valence-corrected chi connectivity index (χ3v) is 8.58. The van der Waals surface area contributed by atoms with Crippen molar-refractivity contribution < 1.29 is 9.84 Å². The van der Waals surface area contributed by atoms with E-state index < -0.39 is 0 Å². The van der Waals surface area contributed by atoms with E-state index in [1.807, 2.05) is 0 Å². The molecule has 0 unspecified atom stereocenters. The number of aliphatic hydroxyl groups is 1. The summed E-state index contributed by atoms with van der Waals surface area (Å²) < 4.78 is 6.66. The van der Waals surface area contributed by atoms with E-state index in [0.717, 1.165) is 37.2 Å². The summed E-state index contributed by atoms with van der Waals surface area (Å²) >= 11 is 0. The second-order valence-corrected chi connectivity index (χ2v) is 9.40. The molecule has 4 rings (SSSR count). The molecule has 1 aliphatic heterocycles. The van der Waals surface area contributed by atoms with Gasteiger partial charge in [-0.15, -0.1) is 0 Å². The van der Waals surface area contributed by atoms with Crippen molar-refractivity contribution in [2.45, 2.75) is 84.3 Å². The van der Waals surface area contributed by atoms with E-state index in [2.05, 4.69) is 20.8 Å². The SMILES string of the molecule is CC[C@H]1CC[C@H]2[C@@H]3CC[C@@H]4C[C@H](O)CC[C@]4(C)[C@H]3OC[C@]12C. The van der Waals surface area contributed by atoms with Crippen molar-refractivity contribution in [2.24, 2.45) is 34.5 Å². The van der Waals surface area contributed by atoms with Crippen molar-refractivity contribution in [2.75, 3.05) is 6.61 Å². The molecule has 22 heavy (non-hydrogen) atoms. The summed E-state index contributed by atoms with van der Waals surface area (Å²) in [7, 11) is 0. The van der Waals surface area contributed by atoms with Crippen LogP contribution in [0.4, 0.5) is 0 Å². The lowest BCUT2D eigenvalue weighted by Crippen LogP contribution is -2.59. The fourth-order valence-corrected chi connectivity index (χ4v) is 7.19. The van der Waals surface area contributed by atoms with E-state index in [4.69, 9.17) is 4.74 Å². The number of hydrogen-bond donors (Lipinski definition) is 1. The molecule has 0 radical (unpaired) electrons. The van der Waals surface area contributed by atoms with Crippen molar-refractivity contribution in [1.82, 2.24) is 0 Å². The van der Waals surface area contributed by atoms with Crippen LogP contribution in [0.25, 0.3) is 0 Å². The van der Waals surface area contributed by atoms with Gasteiger partial charge < -0.3 is 9.84 Å². The van der Waals surface area contributed by atoms with E-state index in [1.54, 1.807) is 0 Å². The molecule has 4 aliphatic rings. The van der Waals surface area contributed by atoms with Crippen LogP contribution in [-0.4, -0.2) is 23.9 Å². The lowest BCUT2D eigenvalue weighted by Gasteiger charge is -2.60. The molecule has 2 nitrogen and oxygen atoms in total. The Morgan fingerprint density at radius 3 is 2.64 bits per heavy atom. The van der Waals surface area contributed by atoms with Gasteiger partial charge in [-0.1, -0.05) is 27.2 Å². The van der Waals surface area contributed by atoms with Crippen molar-refractivity contribution in [1.29, 1.82) is 0 Å². The number of rotatable bonds is 1. The quantitative estimate of drug-likeness (QED) is 0.778. The molecule has 0 amide bonds. The zero-order valence-corrected chi connectivity index (χ0v) is 14.7. The summed E-state index contributed by atoms with van der Waals surface area (Å²) in [5.74, 6) is 3.23. The number of aliphatic hydroxyl groups excluding tert-OH is 1. The highest BCUT2D eigenvalue weighted by Crippen LogP contribution is 2.63. The zero-order chi connectivity index (χ0) is 15.5. The van der Waals surface area contributed by atoms with Crippen molar-refractivity contribution in [3.8, 4) is 0 Å². The molecular formula is C20H34O2. The van der Waals surface area contributed by atoms with Gasteiger partial charge in [0, 0.05) is 0 Å². The van der Waals surface area contributed by atoms with Gasteiger partial charge in [0.2, 0.25) is 0 Å². The maximum absolute atomic E-state index is 10.1. The molecule has 3 aliphatic carbocycles. The van der Waals surface area contributed by atoms with E-state index in [0.29, 0.717) is 22.9 Å². The van der Waals surface area contributed by atoms with Gasteiger partial charge in [0.1, 0.15) is 0 Å². The van der Waals surface area contributed by atoms with Gasteiger partial charge in [-0.3, -0.25) is 0 Å². The number of ether oxygens (including phenoxy) is 1. The third kappa shape index (κ3) is 1.99. The molecule has 1 heterocycles. The van der Waals surface area contributed by atoms with Crippen LogP contribution < -0.4 is 0 Å². The van der Waals surface area contributed by atoms with Crippen LogP contribution in [0.5, 0.6) is 0 Å². The van der Waals surface area contributed by atoms with Gasteiger partial charge in [0.15, 0.2) is 0 Å². The molecule has 126 valence electrons. The number of fused-ring (bicyclic) bond motifs is 5. The Labute approximate surface area is 136 Å². The van der Waals surface area contributed by atoms with Gasteiger partial charge in [-0.2, -0.15) is 0 Å². The summed E-state index contributed by atoms with van der Waals surface area (Å²) in [6, 6.07) is 0. The Morgan fingerprint density at radius 2 is 1.86 bits per heavy atom. The van der Waals surface area contributed by atoms with Crippen molar-refractivity contribution in [3.05, 3.63) is 0 Å². The fourth-order valence-electron chi connectivity index (χ4n) is 7.19. The predicted octanol–water partition coefficient (Wildman–Crippen LogP) is 4.41. The predicted molar refractivity (Wildman–Crippen MR) is 88.5 cm³/mol. The smallest absolute Gasteiger partial charge is 0.0662 e. The molecule has 4 fully saturated rings. The summed E-state index contributed by atoms with van der Waals surface area (Å²) in [6.07, 6.45) is 10.4. The first kappa shape index (κ1) is 15.4. The minimum atomic E-state index is -0.0561. The molecule has 0 aromatic heterocycles. The molecule has 0 aromatic rings. The summed E-state index contributed by atoms with van der Waals surface area (Å²) in [5.41, 5.74) is 0.765. The average molecular weight is 306 g/mol. The molecule has 0 spiro atoms. The second-order valence-electron chi connectivity index (χ2n) is 9.40. The van der Waals surface area contributed by atoms with Gasteiger partial charge in [0.25, 0.3) is 0 Å². The van der Waals surface area contributed by atoms with Gasteiger partial charge in [0.05, 0.1) is 18.8 Å². The minimum Gasteiger partial charge on any atom is -0.393 e. The minimum absolute atomic E-state index is 0.0561. The van der Waals surface area contributed by atoms with E-state index in [1.165, 1.54) is 38.5 Å². The molecule has 1 N–H and O–H groups in total. The van der Waals surface area contributed by atoms with Crippen LogP contribution >= 0.6 is 0 Å². The normalized spacial score (nSPS) is 57.8. The third-order valence-electron chi connectivity index (χ3n) is 8.58. The molecule has 1 saturated heterocycles. The van der Waals surface area contributed by atoms with Crippen LogP contribution in [0.15, 0.2) is 0 Å². The van der Waals surface area contributed by atoms with Crippen LogP contribution in [0, 0.1) is 34.5 Å². The van der Waals surface area contributed by atoms with Gasteiger partial charge >= 0.3 is 0 Å². The summed E-state index contributed by atoms with van der Waals surface area (Å²) in [4.78, 5) is 0. The first-order valence-electron chi connectivity index (χ1n) is 9.78. The lowest BCUT2D eigenvalue weighted by molar-refractivity contribution is -0.221. The highest BCUT2D eigenvalue weighted by atomic mass is 16.5. The van der Waals surface area contributed by atoms with Crippen LogP contribution in [-0.2, 0) is 4.74 Å². The van der Waals surface area contributed by atoms with E-state index in [9.17, 15) is 5.11 Å². The first-order chi connectivity index (χ1) is 10.5. The Bertz CT molecular complexity index is 435. The van der Waals surface area contributed by atoms with Crippen molar-refractivity contribution in [3.63, 3.8) is 0 Å². The fraction of sp³-hybridized carbons (Fsp3) is 1.00. The Balaban J connectivity index is 1.61. The highest BCUT2D eigenvalue weighted by Gasteiger charge is 2.60. The van der Waals surface area contributed by atoms with Crippen LogP contribution in [0.1, 0.15) is 72.1 Å². The average Bonchev–Trinajstić information content (AvgIpc) is 2.84. The topological polar surface area (TPSA) is 29.5 Å². The monoisotopic (exact) mass is 306 g/mol. The standard InChI is InChI=1S/C20H34O2/c1-4-13-6-8-17-16-7-5-14-11-15(21)9-10-19(14,2)18(16)22-12-20(13,17)3/h13-18,21H,4-12H2,1-3H3/t13-,14+,15+,16-,17-,18-,19-,20+/m0/s1. The van der Waals surface area contributed by atoms with Crippen LogP contribution in [0.2, 0.25) is 0 Å². The largest absolute Gasteiger partial charge is 0.393 e. The van der Waals surface area contributed by atoms with Gasteiger partial charge in [-0.05, 0) is 79.4 Å². The zero-order valence-electron chi connectivity index (χ0n) is 14.7. The number of hydrogen-bond acceptors (Lipinski definition) is 2. The Kier molecular flexibility index (Phi) is 3.66. The van der Waals surface area contributed by atoms with E-state index >= 15 is 0 Å². The second kappa shape index (κ2) is 5.21. The highest BCUT2D eigenvalue weighted by molar-refractivity contribution is 5.09. The maximum Gasteiger partial charge on any atom is 0.0662 e. The molecule has 3 saturated carbocycles.